The van der Waals surface area contributed by atoms with E-state index < -0.39 is 0 Å². The molecule has 1 aromatic rings. The fraction of sp³-hybridized carbons (Fsp3) is 0.500. The molecular weight excluding hydrogens is 246 g/mol. The van der Waals surface area contributed by atoms with Crippen molar-refractivity contribution in [3.63, 3.8) is 0 Å². The Morgan fingerprint density at radius 2 is 1.89 bits per heavy atom. The molecule has 1 rings (SSSR count). The predicted octanol–water partition coefficient (Wildman–Crippen LogP) is 3.65. The van der Waals surface area contributed by atoms with Gasteiger partial charge in [0.15, 0.2) is 0 Å². The predicted molar refractivity (Wildman–Crippen MR) is 77.3 cm³/mol. The minimum absolute atomic E-state index is 0.135. The molecule has 0 spiro atoms. The maximum atomic E-state index is 11.3. The molecule has 0 aliphatic rings. The Bertz CT molecular complexity index is 341. The lowest BCUT2D eigenvalue weighted by atomic mass is 10.3. The summed E-state index contributed by atoms with van der Waals surface area (Å²) in [5, 5.41) is 0.135. The van der Waals surface area contributed by atoms with Crippen LogP contribution in [0.1, 0.15) is 19.3 Å². The van der Waals surface area contributed by atoms with Crippen molar-refractivity contribution in [3.8, 4) is 5.75 Å². The largest absolute Gasteiger partial charge is 0.494 e. The van der Waals surface area contributed by atoms with Gasteiger partial charge in [0.1, 0.15) is 5.75 Å². The Morgan fingerprint density at radius 3 is 2.56 bits per heavy atom. The van der Waals surface area contributed by atoms with E-state index in [9.17, 15) is 4.79 Å². The second kappa shape index (κ2) is 8.86. The number of carbonyl (C=O) groups is 1. The van der Waals surface area contributed by atoms with Crippen LogP contribution in [0.2, 0.25) is 0 Å². The SMILES string of the molecule is CN(C)C(=O)SCCCCCOc1ccccc1. The summed E-state index contributed by atoms with van der Waals surface area (Å²) in [4.78, 5) is 12.9. The van der Waals surface area contributed by atoms with Crippen molar-refractivity contribution in [2.45, 2.75) is 19.3 Å². The quantitative estimate of drug-likeness (QED) is 0.706. The summed E-state index contributed by atoms with van der Waals surface area (Å²) in [6, 6.07) is 9.85. The standard InChI is InChI=1S/C14H21NO2S/c1-15(2)14(16)18-12-8-4-7-11-17-13-9-5-3-6-10-13/h3,5-6,9-10H,4,7-8,11-12H2,1-2H3. The first-order valence-electron chi connectivity index (χ1n) is 6.22. The fourth-order valence-electron chi connectivity index (χ4n) is 1.38. The lowest BCUT2D eigenvalue weighted by Crippen LogP contribution is -2.16. The molecule has 18 heavy (non-hydrogen) atoms. The summed E-state index contributed by atoms with van der Waals surface area (Å²) in [5.74, 6) is 1.82. The Hall–Kier alpha value is -1.16. The first-order chi connectivity index (χ1) is 8.70. The maximum absolute atomic E-state index is 11.3. The van der Waals surface area contributed by atoms with Crippen LogP contribution in [-0.2, 0) is 0 Å². The summed E-state index contributed by atoms with van der Waals surface area (Å²) in [6.07, 6.45) is 3.19. The summed E-state index contributed by atoms with van der Waals surface area (Å²) in [5.41, 5.74) is 0. The Labute approximate surface area is 114 Å². The number of para-hydroxylation sites is 1. The Morgan fingerprint density at radius 1 is 1.17 bits per heavy atom. The monoisotopic (exact) mass is 267 g/mol. The summed E-state index contributed by atoms with van der Waals surface area (Å²) in [7, 11) is 3.56. The van der Waals surface area contributed by atoms with Crippen molar-refractivity contribution in [2.24, 2.45) is 0 Å². The van der Waals surface area contributed by atoms with Crippen LogP contribution in [-0.4, -0.2) is 36.6 Å². The van der Waals surface area contributed by atoms with Gasteiger partial charge in [-0.3, -0.25) is 4.79 Å². The van der Waals surface area contributed by atoms with Gasteiger partial charge in [-0.25, -0.2) is 0 Å². The highest BCUT2D eigenvalue weighted by Crippen LogP contribution is 2.11. The summed E-state index contributed by atoms with van der Waals surface area (Å²) in [6.45, 7) is 0.746. The van der Waals surface area contributed by atoms with Crippen LogP contribution in [0.5, 0.6) is 5.75 Å². The molecule has 0 atom stereocenters. The van der Waals surface area contributed by atoms with Crippen LogP contribution in [0.3, 0.4) is 0 Å². The second-order valence-corrected chi connectivity index (χ2v) is 5.28. The number of thioether (sulfide) groups is 1. The third-order valence-corrected chi connectivity index (χ3v) is 3.50. The van der Waals surface area contributed by atoms with E-state index in [1.54, 1.807) is 19.0 Å². The molecule has 0 radical (unpaired) electrons. The molecule has 3 nitrogen and oxygen atoms in total. The minimum Gasteiger partial charge on any atom is -0.494 e. The Kier molecular flexibility index (Phi) is 7.34. The van der Waals surface area contributed by atoms with Crippen molar-refractivity contribution in [3.05, 3.63) is 30.3 Å². The molecule has 0 aliphatic heterocycles. The second-order valence-electron chi connectivity index (χ2n) is 4.23. The molecule has 4 heteroatoms. The molecule has 1 aromatic carbocycles. The summed E-state index contributed by atoms with van der Waals surface area (Å²) >= 11 is 1.39. The lowest BCUT2D eigenvalue weighted by Gasteiger charge is -2.09. The van der Waals surface area contributed by atoms with Gasteiger partial charge >= 0.3 is 0 Å². The normalized spacial score (nSPS) is 10.1. The van der Waals surface area contributed by atoms with Crippen molar-refractivity contribution in [2.75, 3.05) is 26.5 Å². The lowest BCUT2D eigenvalue weighted by molar-refractivity contribution is 0.241. The van der Waals surface area contributed by atoms with E-state index in [1.807, 2.05) is 30.3 Å². The van der Waals surface area contributed by atoms with Crippen LogP contribution in [0.15, 0.2) is 30.3 Å². The third kappa shape index (κ3) is 6.55. The topological polar surface area (TPSA) is 29.5 Å². The fourth-order valence-corrected chi connectivity index (χ4v) is 2.16. The van der Waals surface area contributed by atoms with Crippen molar-refractivity contribution >= 4 is 17.0 Å². The maximum Gasteiger partial charge on any atom is 0.281 e. The first kappa shape index (κ1) is 14.9. The first-order valence-corrected chi connectivity index (χ1v) is 7.20. The third-order valence-electron chi connectivity index (χ3n) is 2.39. The number of amides is 1. The molecule has 0 N–H and O–H groups in total. The van der Waals surface area contributed by atoms with Crippen LogP contribution in [0.4, 0.5) is 4.79 Å². The van der Waals surface area contributed by atoms with Crippen molar-refractivity contribution in [1.29, 1.82) is 0 Å². The number of hydrogen-bond donors (Lipinski definition) is 0. The van der Waals surface area contributed by atoms with E-state index in [2.05, 4.69) is 0 Å². The molecule has 100 valence electrons. The van der Waals surface area contributed by atoms with Gasteiger partial charge in [-0.2, -0.15) is 0 Å². The van der Waals surface area contributed by atoms with Gasteiger partial charge in [-0.1, -0.05) is 30.0 Å². The van der Waals surface area contributed by atoms with Crippen LogP contribution < -0.4 is 4.74 Å². The van der Waals surface area contributed by atoms with Crippen molar-refractivity contribution < 1.29 is 9.53 Å². The number of unbranched alkanes of at least 4 members (excludes halogenated alkanes) is 2. The van der Waals surface area contributed by atoms with Crippen LogP contribution >= 0.6 is 11.8 Å². The molecular formula is C14H21NO2S. The summed E-state index contributed by atoms with van der Waals surface area (Å²) < 4.78 is 5.59. The van der Waals surface area contributed by atoms with Gasteiger partial charge in [0.05, 0.1) is 6.61 Å². The zero-order valence-corrected chi connectivity index (χ0v) is 11.9. The average Bonchev–Trinajstić information content (AvgIpc) is 2.38. The van der Waals surface area contributed by atoms with Gasteiger partial charge in [-0.15, -0.1) is 0 Å². The zero-order valence-electron chi connectivity index (χ0n) is 11.1. The number of benzene rings is 1. The van der Waals surface area contributed by atoms with E-state index in [0.717, 1.165) is 37.4 Å². The highest BCUT2D eigenvalue weighted by atomic mass is 32.2. The van der Waals surface area contributed by atoms with Gasteiger partial charge in [-0.05, 0) is 31.4 Å². The smallest absolute Gasteiger partial charge is 0.281 e. The molecule has 0 unspecified atom stereocenters. The van der Waals surface area contributed by atoms with E-state index in [0.29, 0.717) is 0 Å². The van der Waals surface area contributed by atoms with Gasteiger partial charge in [0, 0.05) is 19.8 Å². The molecule has 0 fully saturated rings. The highest BCUT2D eigenvalue weighted by Gasteiger charge is 2.03. The molecule has 0 bridgehead atoms. The van der Waals surface area contributed by atoms with Crippen molar-refractivity contribution in [1.82, 2.24) is 4.90 Å². The zero-order chi connectivity index (χ0) is 13.2. The minimum atomic E-state index is 0.135. The van der Waals surface area contributed by atoms with Gasteiger partial charge in [0.25, 0.3) is 5.24 Å². The van der Waals surface area contributed by atoms with E-state index in [4.69, 9.17) is 4.74 Å². The van der Waals surface area contributed by atoms with Crippen LogP contribution in [0.25, 0.3) is 0 Å². The highest BCUT2D eigenvalue weighted by molar-refractivity contribution is 8.13. The van der Waals surface area contributed by atoms with E-state index >= 15 is 0 Å². The van der Waals surface area contributed by atoms with E-state index in [1.165, 1.54) is 11.8 Å². The molecule has 0 heterocycles. The number of carbonyl (C=O) groups excluding carboxylic acids is 1. The number of hydrogen-bond acceptors (Lipinski definition) is 3. The Balaban J connectivity index is 1.95. The average molecular weight is 267 g/mol. The molecule has 0 saturated heterocycles. The van der Waals surface area contributed by atoms with Crippen LogP contribution in [0, 0.1) is 0 Å². The molecule has 0 aromatic heterocycles. The number of ether oxygens (including phenoxy) is 1. The van der Waals surface area contributed by atoms with E-state index in [-0.39, 0.29) is 5.24 Å². The molecule has 1 amide bonds. The molecule has 0 saturated carbocycles. The van der Waals surface area contributed by atoms with Gasteiger partial charge in [0.2, 0.25) is 0 Å². The number of rotatable bonds is 7. The molecule has 0 aliphatic carbocycles. The number of nitrogens with zero attached hydrogens (tertiary/aromatic N) is 1. The van der Waals surface area contributed by atoms with Gasteiger partial charge < -0.3 is 9.64 Å².